The van der Waals surface area contributed by atoms with E-state index in [1.807, 2.05) is 45.9 Å². The fourth-order valence-electron chi connectivity index (χ4n) is 2.97. The highest BCUT2D eigenvalue weighted by Gasteiger charge is 2.20. The minimum absolute atomic E-state index is 0.0903. The van der Waals surface area contributed by atoms with Crippen LogP contribution in [-0.2, 0) is 13.0 Å². The van der Waals surface area contributed by atoms with E-state index in [0.29, 0.717) is 34.7 Å². The highest BCUT2D eigenvalue weighted by atomic mass is 35.5. The van der Waals surface area contributed by atoms with E-state index < -0.39 is 0 Å². The Morgan fingerprint density at radius 3 is 2.52 bits per heavy atom. The highest BCUT2D eigenvalue weighted by molar-refractivity contribution is 6.31. The molecule has 1 heterocycles. The molecule has 1 atom stereocenters. The van der Waals surface area contributed by atoms with Crippen molar-refractivity contribution in [3.8, 4) is 11.6 Å². The van der Waals surface area contributed by atoms with Gasteiger partial charge in [-0.2, -0.15) is 0 Å². The number of ether oxygens (including phenoxy) is 2. The normalized spacial score (nSPS) is 12.1. The summed E-state index contributed by atoms with van der Waals surface area (Å²) in [5.41, 5.74) is 3.35. The predicted octanol–water partition coefficient (Wildman–Crippen LogP) is 6.45. The Morgan fingerprint density at radius 2 is 1.90 bits per heavy atom. The first kappa shape index (κ1) is 23.2. The number of hydrogen-bond donors (Lipinski definition) is 0. The zero-order valence-electron chi connectivity index (χ0n) is 18.3. The van der Waals surface area contributed by atoms with Gasteiger partial charge in [0.15, 0.2) is 5.78 Å². The number of halogens is 1. The van der Waals surface area contributed by atoms with E-state index in [2.05, 4.69) is 18.8 Å². The third kappa shape index (κ3) is 5.72. The first-order valence-corrected chi connectivity index (χ1v) is 10.7. The Hall–Kier alpha value is -2.07. The van der Waals surface area contributed by atoms with E-state index in [4.69, 9.17) is 21.1 Å². The number of pyridine rings is 1. The lowest BCUT2D eigenvalue weighted by Gasteiger charge is -2.18. The largest absolute Gasteiger partial charge is 0.488 e. The van der Waals surface area contributed by atoms with Crippen LogP contribution in [-0.4, -0.2) is 17.4 Å². The van der Waals surface area contributed by atoms with Gasteiger partial charge in [-0.3, -0.25) is 4.79 Å². The number of hydrogen-bond acceptors (Lipinski definition) is 4. The van der Waals surface area contributed by atoms with Crippen molar-refractivity contribution in [1.82, 2.24) is 4.98 Å². The Balaban J connectivity index is 2.29. The summed E-state index contributed by atoms with van der Waals surface area (Å²) in [4.78, 5) is 17.1. The van der Waals surface area contributed by atoms with E-state index in [1.54, 1.807) is 6.20 Å². The summed E-state index contributed by atoms with van der Waals surface area (Å²) < 4.78 is 12.0. The van der Waals surface area contributed by atoms with Gasteiger partial charge in [0.1, 0.15) is 12.4 Å². The van der Waals surface area contributed by atoms with Crippen LogP contribution in [0.5, 0.6) is 11.6 Å². The SMILES string of the molecule is CCc1cccc(OCc2c(Cl)cnc(OCC(C)CC)c2C)c1C(=O)C(C)C. The number of benzene rings is 1. The second-order valence-corrected chi connectivity index (χ2v) is 8.20. The van der Waals surface area contributed by atoms with Crippen molar-refractivity contribution < 1.29 is 14.3 Å². The highest BCUT2D eigenvalue weighted by Crippen LogP contribution is 2.30. The van der Waals surface area contributed by atoms with Crippen molar-refractivity contribution in [3.05, 3.63) is 51.7 Å². The van der Waals surface area contributed by atoms with E-state index >= 15 is 0 Å². The molecule has 0 aliphatic rings. The van der Waals surface area contributed by atoms with E-state index in [1.165, 1.54) is 0 Å². The molecule has 0 radical (unpaired) electrons. The standard InChI is InChI=1S/C24H32ClNO3/c1-7-16(5)13-29-24-17(6)19(20(25)12-26-24)14-28-21-11-9-10-18(8-2)22(21)23(27)15(3)4/h9-12,15-16H,7-8,13-14H2,1-6H3. The van der Waals surface area contributed by atoms with Crippen LogP contribution in [0.15, 0.2) is 24.4 Å². The maximum absolute atomic E-state index is 12.8. The fraction of sp³-hybridized carbons (Fsp3) is 0.500. The van der Waals surface area contributed by atoms with Crippen molar-refractivity contribution in [2.24, 2.45) is 11.8 Å². The molecule has 0 saturated heterocycles. The number of Topliss-reactive ketones (excluding diaryl/α,β-unsaturated/α-hetero) is 1. The molecule has 2 aromatic rings. The average molecular weight is 418 g/mol. The lowest BCUT2D eigenvalue weighted by Crippen LogP contribution is -2.14. The van der Waals surface area contributed by atoms with Crippen molar-refractivity contribution in [1.29, 1.82) is 0 Å². The van der Waals surface area contributed by atoms with Crippen LogP contribution in [0.25, 0.3) is 0 Å². The van der Waals surface area contributed by atoms with E-state index in [-0.39, 0.29) is 18.3 Å². The molecule has 1 aromatic carbocycles. The Morgan fingerprint density at radius 1 is 1.17 bits per heavy atom. The molecule has 0 spiro atoms. The minimum Gasteiger partial charge on any atom is -0.488 e. The molecule has 29 heavy (non-hydrogen) atoms. The molecular weight excluding hydrogens is 386 g/mol. The van der Waals surface area contributed by atoms with Crippen LogP contribution in [0.1, 0.15) is 68.1 Å². The molecule has 0 bridgehead atoms. The Labute approximate surface area is 179 Å². The zero-order chi connectivity index (χ0) is 21.6. The monoisotopic (exact) mass is 417 g/mol. The molecular formula is C24H32ClNO3. The molecule has 0 fully saturated rings. The summed E-state index contributed by atoms with van der Waals surface area (Å²) in [7, 11) is 0. The molecule has 0 saturated carbocycles. The molecule has 5 heteroatoms. The van der Waals surface area contributed by atoms with Crippen LogP contribution < -0.4 is 9.47 Å². The first-order valence-electron chi connectivity index (χ1n) is 10.4. The number of ketones is 1. The third-order valence-corrected chi connectivity index (χ3v) is 5.52. The van der Waals surface area contributed by atoms with Crippen LogP contribution >= 0.6 is 11.6 Å². The van der Waals surface area contributed by atoms with Gasteiger partial charge in [-0.1, -0.05) is 64.8 Å². The Bertz CT molecular complexity index is 848. The molecule has 0 amide bonds. The predicted molar refractivity (Wildman–Crippen MR) is 118 cm³/mol. The summed E-state index contributed by atoms with van der Waals surface area (Å²) >= 11 is 6.40. The van der Waals surface area contributed by atoms with Crippen LogP contribution in [0, 0.1) is 18.8 Å². The van der Waals surface area contributed by atoms with Gasteiger partial charge in [0, 0.05) is 23.2 Å². The number of carbonyl (C=O) groups is 1. The smallest absolute Gasteiger partial charge is 0.216 e. The van der Waals surface area contributed by atoms with E-state index in [0.717, 1.165) is 29.5 Å². The number of aryl methyl sites for hydroxylation is 1. The van der Waals surface area contributed by atoms with Crippen LogP contribution in [0.4, 0.5) is 0 Å². The van der Waals surface area contributed by atoms with Gasteiger partial charge in [-0.15, -0.1) is 0 Å². The number of rotatable bonds is 10. The molecule has 0 N–H and O–H groups in total. The average Bonchev–Trinajstić information content (AvgIpc) is 2.71. The molecule has 158 valence electrons. The number of carbonyl (C=O) groups excluding carboxylic acids is 1. The second kappa shape index (κ2) is 10.6. The quantitative estimate of drug-likeness (QED) is 0.417. The fourth-order valence-corrected chi connectivity index (χ4v) is 3.21. The van der Waals surface area contributed by atoms with Gasteiger partial charge in [0.25, 0.3) is 0 Å². The van der Waals surface area contributed by atoms with Gasteiger partial charge in [0.2, 0.25) is 5.88 Å². The van der Waals surface area contributed by atoms with Crippen molar-refractivity contribution in [3.63, 3.8) is 0 Å². The van der Waals surface area contributed by atoms with Crippen molar-refractivity contribution >= 4 is 17.4 Å². The summed E-state index contributed by atoms with van der Waals surface area (Å²) in [5.74, 6) is 1.61. The maximum atomic E-state index is 12.8. The molecule has 0 aliphatic carbocycles. The molecule has 0 aliphatic heterocycles. The van der Waals surface area contributed by atoms with Gasteiger partial charge >= 0.3 is 0 Å². The van der Waals surface area contributed by atoms with Gasteiger partial charge in [-0.25, -0.2) is 4.98 Å². The number of aromatic nitrogens is 1. The molecule has 1 unspecified atom stereocenters. The molecule has 2 rings (SSSR count). The summed E-state index contributed by atoms with van der Waals surface area (Å²) in [5, 5.41) is 0.529. The maximum Gasteiger partial charge on any atom is 0.216 e. The second-order valence-electron chi connectivity index (χ2n) is 7.79. The Kier molecular flexibility index (Phi) is 8.51. The molecule has 4 nitrogen and oxygen atoms in total. The topological polar surface area (TPSA) is 48.4 Å². The molecule has 1 aromatic heterocycles. The van der Waals surface area contributed by atoms with E-state index in [9.17, 15) is 4.79 Å². The summed E-state index contributed by atoms with van der Waals surface area (Å²) in [6.45, 7) is 12.9. The van der Waals surface area contributed by atoms with Gasteiger partial charge in [0.05, 0.1) is 17.2 Å². The third-order valence-electron chi connectivity index (χ3n) is 5.19. The van der Waals surface area contributed by atoms with Crippen LogP contribution in [0.3, 0.4) is 0 Å². The van der Waals surface area contributed by atoms with Crippen molar-refractivity contribution in [2.75, 3.05) is 6.61 Å². The first-order chi connectivity index (χ1) is 13.8. The number of nitrogens with zero attached hydrogens (tertiary/aromatic N) is 1. The van der Waals surface area contributed by atoms with Gasteiger partial charge in [-0.05, 0) is 30.9 Å². The lowest BCUT2D eigenvalue weighted by atomic mass is 9.94. The lowest BCUT2D eigenvalue weighted by molar-refractivity contribution is 0.0933. The van der Waals surface area contributed by atoms with Crippen molar-refractivity contribution in [2.45, 2.75) is 61.0 Å². The summed E-state index contributed by atoms with van der Waals surface area (Å²) in [6, 6.07) is 5.75. The zero-order valence-corrected chi connectivity index (χ0v) is 19.1. The minimum atomic E-state index is -0.100. The van der Waals surface area contributed by atoms with Crippen LogP contribution in [0.2, 0.25) is 5.02 Å². The summed E-state index contributed by atoms with van der Waals surface area (Å²) in [6.07, 6.45) is 3.42. The van der Waals surface area contributed by atoms with Gasteiger partial charge < -0.3 is 9.47 Å².